The summed E-state index contributed by atoms with van der Waals surface area (Å²) < 4.78 is 7.77. The monoisotopic (exact) mass is 346 g/mol. The van der Waals surface area contributed by atoms with Crippen molar-refractivity contribution in [1.29, 1.82) is 0 Å². The zero-order valence-electron chi connectivity index (χ0n) is 16.2. The molecule has 2 aromatic heterocycles. The highest BCUT2D eigenvalue weighted by Crippen LogP contribution is 2.29. The van der Waals surface area contributed by atoms with Gasteiger partial charge in [-0.15, -0.1) is 0 Å². The van der Waals surface area contributed by atoms with Crippen LogP contribution in [-0.2, 0) is 18.5 Å². The number of carbonyl (C=O) groups is 1. The van der Waals surface area contributed by atoms with Crippen LogP contribution < -0.4 is 5.73 Å². The maximum Gasteiger partial charge on any atom is 0.284 e. The highest BCUT2D eigenvalue weighted by molar-refractivity contribution is 5.90. The first-order chi connectivity index (χ1) is 11.6. The van der Waals surface area contributed by atoms with Gasteiger partial charge in [-0.25, -0.2) is 0 Å². The van der Waals surface area contributed by atoms with E-state index < -0.39 is 5.91 Å². The van der Waals surface area contributed by atoms with Gasteiger partial charge in [0.05, 0.1) is 5.69 Å². The molecule has 0 radical (unpaired) electrons. The van der Waals surface area contributed by atoms with Crippen LogP contribution in [-0.4, -0.2) is 34.2 Å². The van der Waals surface area contributed by atoms with Crippen LogP contribution in [0.4, 0.5) is 0 Å². The van der Waals surface area contributed by atoms with E-state index in [1.165, 1.54) is 5.69 Å². The van der Waals surface area contributed by atoms with Crippen molar-refractivity contribution in [2.24, 2.45) is 5.73 Å². The van der Waals surface area contributed by atoms with Gasteiger partial charge < -0.3 is 15.1 Å². The van der Waals surface area contributed by atoms with E-state index in [4.69, 9.17) is 10.2 Å². The summed E-state index contributed by atoms with van der Waals surface area (Å²) in [5.74, 6) is 0.534. The number of hydrogen-bond acceptors (Lipinski definition) is 4. The molecule has 2 heterocycles. The molecule has 0 atom stereocenters. The van der Waals surface area contributed by atoms with Crippen LogP contribution in [0.5, 0.6) is 0 Å². The lowest BCUT2D eigenvalue weighted by molar-refractivity contribution is 0.0970. The summed E-state index contributed by atoms with van der Waals surface area (Å²) in [6.45, 7) is 12.9. The summed E-state index contributed by atoms with van der Waals surface area (Å²) in [5, 5.41) is 4.49. The maximum absolute atomic E-state index is 11.4. The van der Waals surface area contributed by atoms with Crippen molar-refractivity contribution >= 4 is 5.91 Å². The van der Waals surface area contributed by atoms with Gasteiger partial charge in [0.2, 0.25) is 0 Å². The lowest BCUT2D eigenvalue weighted by Crippen LogP contribution is -2.22. The number of hydrogen-bond donors (Lipinski definition) is 1. The van der Waals surface area contributed by atoms with Crippen molar-refractivity contribution in [2.45, 2.75) is 59.5 Å². The molecule has 2 aromatic rings. The minimum absolute atomic E-state index is 0.173. The molecule has 0 aliphatic heterocycles. The van der Waals surface area contributed by atoms with Crippen LogP contribution in [0.3, 0.4) is 0 Å². The van der Waals surface area contributed by atoms with Gasteiger partial charge in [-0.1, -0.05) is 20.8 Å². The Hall–Kier alpha value is -2.08. The van der Waals surface area contributed by atoms with E-state index in [-0.39, 0.29) is 11.2 Å². The summed E-state index contributed by atoms with van der Waals surface area (Å²) in [5.41, 5.74) is 8.47. The summed E-state index contributed by atoms with van der Waals surface area (Å²) in [4.78, 5) is 13.7. The smallest absolute Gasteiger partial charge is 0.284 e. The third kappa shape index (κ3) is 4.95. The van der Waals surface area contributed by atoms with Crippen molar-refractivity contribution in [2.75, 3.05) is 13.6 Å². The van der Waals surface area contributed by atoms with Crippen molar-refractivity contribution in [3.05, 3.63) is 40.6 Å². The standard InChI is InChI=1S/C19H30N4O2/c1-13-10-14(2)23(21-13)9-7-8-22(6)12-15-11-16(18(20)24)25-17(15)19(3,4)5/h10-11H,7-9,12H2,1-6H3,(H2,20,24). The molecule has 0 saturated carbocycles. The van der Waals surface area contributed by atoms with Gasteiger partial charge in [0.1, 0.15) is 5.76 Å². The molecule has 2 rings (SSSR count). The number of nitrogens with zero attached hydrogens (tertiary/aromatic N) is 3. The molecule has 6 heteroatoms. The van der Waals surface area contributed by atoms with Crippen molar-refractivity contribution in [3.8, 4) is 0 Å². The Morgan fingerprint density at radius 1 is 1.32 bits per heavy atom. The molecule has 0 aromatic carbocycles. The van der Waals surface area contributed by atoms with Crippen LogP contribution >= 0.6 is 0 Å². The van der Waals surface area contributed by atoms with Gasteiger partial charge >= 0.3 is 0 Å². The molecule has 0 aliphatic rings. The molecule has 0 aliphatic carbocycles. The minimum Gasteiger partial charge on any atom is -0.455 e. The zero-order chi connectivity index (χ0) is 18.8. The molecule has 2 N–H and O–H groups in total. The zero-order valence-corrected chi connectivity index (χ0v) is 16.2. The molecule has 0 saturated heterocycles. The lowest BCUT2D eigenvalue weighted by atomic mass is 9.90. The molecule has 6 nitrogen and oxygen atoms in total. The Balaban J connectivity index is 1.99. The van der Waals surface area contributed by atoms with Gasteiger partial charge in [0.15, 0.2) is 5.76 Å². The first kappa shape index (κ1) is 19.2. The van der Waals surface area contributed by atoms with E-state index in [0.717, 1.165) is 43.1 Å². The number of aromatic nitrogens is 2. The lowest BCUT2D eigenvalue weighted by Gasteiger charge is -2.21. The minimum atomic E-state index is -0.524. The van der Waals surface area contributed by atoms with E-state index in [1.54, 1.807) is 6.07 Å². The Morgan fingerprint density at radius 2 is 2.00 bits per heavy atom. The normalized spacial score (nSPS) is 12.1. The van der Waals surface area contributed by atoms with E-state index >= 15 is 0 Å². The Morgan fingerprint density at radius 3 is 2.52 bits per heavy atom. The second-order valence-corrected chi connectivity index (χ2v) is 7.82. The fourth-order valence-electron chi connectivity index (χ4n) is 3.06. The van der Waals surface area contributed by atoms with E-state index in [2.05, 4.69) is 50.8 Å². The second-order valence-electron chi connectivity index (χ2n) is 7.82. The number of furan rings is 1. The fraction of sp³-hybridized carbons (Fsp3) is 0.579. The van der Waals surface area contributed by atoms with Crippen LogP contribution in [0.25, 0.3) is 0 Å². The molecule has 0 fully saturated rings. The van der Waals surface area contributed by atoms with Crippen LogP contribution in [0.2, 0.25) is 0 Å². The van der Waals surface area contributed by atoms with Crippen LogP contribution in [0.15, 0.2) is 16.5 Å². The first-order valence-electron chi connectivity index (χ1n) is 8.70. The topological polar surface area (TPSA) is 77.3 Å². The Bertz CT molecular complexity index is 737. The predicted octanol–water partition coefficient (Wildman–Crippen LogP) is 3.01. The van der Waals surface area contributed by atoms with E-state index in [9.17, 15) is 4.79 Å². The third-order valence-electron chi connectivity index (χ3n) is 4.19. The molecular weight excluding hydrogens is 316 g/mol. The summed E-state index contributed by atoms with van der Waals surface area (Å²) >= 11 is 0. The van der Waals surface area contributed by atoms with Crippen molar-refractivity contribution < 1.29 is 9.21 Å². The highest BCUT2D eigenvalue weighted by atomic mass is 16.4. The Labute approximate surface area is 150 Å². The predicted molar refractivity (Wildman–Crippen MR) is 98.6 cm³/mol. The van der Waals surface area contributed by atoms with Gasteiger partial charge in [0, 0.05) is 29.8 Å². The molecular formula is C19H30N4O2. The molecule has 138 valence electrons. The average molecular weight is 346 g/mol. The summed E-state index contributed by atoms with van der Waals surface area (Å²) in [7, 11) is 2.07. The average Bonchev–Trinajstić information content (AvgIpc) is 3.02. The summed E-state index contributed by atoms with van der Waals surface area (Å²) in [6.07, 6.45) is 1.00. The number of nitrogens with two attached hydrogens (primary N) is 1. The Kier molecular flexibility index (Phi) is 5.72. The second kappa shape index (κ2) is 7.44. The number of amides is 1. The fourth-order valence-corrected chi connectivity index (χ4v) is 3.06. The van der Waals surface area contributed by atoms with Crippen molar-refractivity contribution in [1.82, 2.24) is 14.7 Å². The number of rotatable bonds is 7. The molecule has 0 bridgehead atoms. The van der Waals surface area contributed by atoms with Gasteiger partial charge in [-0.05, 0) is 46.0 Å². The largest absolute Gasteiger partial charge is 0.455 e. The number of carbonyl (C=O) groups excluding carboxylic acids is 1. The molecule has 1 amide bonds. The molecule has 0 unspecified atom stereocenters. The molecule has 25 heavy (non-hydrogen) atoms. The molecule has 0 spiro atoms. The van der Waals surface area contributed by atoms with Gasteiger partial charge in [-0.2, -0.15) is 5.10 Å². The van der Waals surface area contributed by atoms with Gasteiger partial charge in [-0.3, -0.25) is 9.48 Å². The number of primary amides is 1. The van der Waals surface area contributed by atoms with Crippen LogP contribution in [0.1, 0.15) is 60.5 Å². The van der Waals surface area contributed by atoms with E-state index in [0.29, 0.717) is 0 Å². The first-order valence-corrected chi connectivity index (χ1v) is 8.70. The van der Waals surface area contributed by atoms with E-state index in [1.807, 2.05) is 11.6 Å². The number of aryl methyl sites for hydroxylation is 3. The highest BCUT2D eigenvalue weighted by Gasteiger charge is 2.25. The van der Waals surface area contributed by atoms with Crippen LogP contribution in [0, 0.1) is 13.8 Å². The third-order valence-corrected chi connectivity index (χ3v) is 4.19. The quantitative estimate of drug-likeness (QED) is 0.836. The summed E-state index contributed by atoms with van der Waals surface area (Å²) in [6, 6.07) is 3.87. The van der Waals surface area contributed by atoms with Gasteiger partial charge in [0.25, 0.3) is 5.91 Å². The maximum atomic E-state index is 11.4. The SMILES string of the molecule is Cc1cc(C)n(CCCN(C)Cc2cc(C(N)=O)oc2C(C)(C)C)n1. The van der Waals surface area contributed by atoms with Crippen molar-refractivity contribution in [3.63, 3.8) is 0 Å².